The number of hydrogen-bond donors (Lipinski definition) is 3. The zero-order valence-corrected chi connectivity index (χ0v) is 10.7. The summed E-state index contributed by atoms with van der Waals surface area (Å²) in [5.74, 6) is 0.935. The molecule has 0 aromatic carbocycles. The zero-order chi connectivity index (χ0) is 13.0. The highest BCUT2D eigenvalue weighted by Crippen LogP contribution is 2.28. The fourth-order valence-corrected chi connectivity index (χ4v) is 1.45. The highest BCUT2D eigenvalue weighted by molar-refractivity contribution is 5.80. The van der Waals surface area contributed by atoms with Gasteiger partial charge in [-0.2, -0.15) is 0 Å². The molecule has 1 unspecified atom stereocenters. The number of nitrogens with zero attached hydrogens (tertiary/aromatic N) is 2. The van der Waals surface area contributed by atoms with Crippen LogP contribution in [-0.4, -0.2) is 36.2 Å². The van der Waals surface area contributed by atoms with Gasteiger partial charge in [-0.25, -0.2) is 0 Å². The van der Waals surface area contributed by atoms with Gasteiger partial charge in [-0.3, -0.25) is 4.79 Å². The molecule has 1 atom stereocenters. The highest BCUT2D eigenvalue weighted by atomic mass is 16.4. The van der Waals surface area contributed by atoms with Gasteiger partial charge < -0.3 is 20.4 Å². The Morgan fingerprint density at radius 3 is 2.89 bits per heavy atom. The van der Waals surface area contributed by atoms with Crippen LogP contribution in [0, 0.1) is 5.92 Å². The second-order valence-corrected chi connectivity index (χ2v) is 4.45. The molecule has 0 aliphatic heterocycles. The minimum atomic E-state index is 0.0302. The van der Waals surface area contributed by atoms with Gasteiger partial charge in [-0.1, -0.05) is 5.10 Å². The summed E-state index contributed by atoms with van der Waals surface area (Å²) in [6, 6.07) is 0.412. The van der Waals surface area contributed by atoms with Crippen molar-refractivity contribution in [2.75, 3.05) is 25.5 Å². The lowest BCUT2D eigenvalue weighted by atomic mass is 10.3. The molecule has 0 radical (unpaired) electrons. The van der Waals surface area contributed by atoms with Gasteiger partial charge in [-0.15, -0.1) is 5.10 Å². The summed E-state index contributed by atoms with van der Waals surface area (Å²) in [6.07, 6.45) is 2.04. The molecule has 1 aromatic rings. The smallest absolute Gasteiger partial charge is 0.315 e. The Hall–Kier alpha value is -1.63. The van der Waals surface area contributed by atoms with Gasteiger partial charge in [0.25, 0.3) is 0 Å². The van der Waals surface area contributed by atoms with Crippen molar-refractivity contribution in [3.05, 3.63) is 5.89 Å². The first-order chi connectivity index (χ1) is 8.70. The molecule has 100 valence electrons. The Balaban J connectivity index is 1.66. The van der Waals surface area contributed by atoms with Crippen LogP contribution in [0.4, 0.5) is 6.01 Å². The highest BCUT2D eigenvalue weighted by Gasteiger charge is 2.28. The number of aromatic nitrogens is 2. The SMILES string of the molecule is CNC(C)c1nnc(NCCNC(=O)C2CC2)o1. The topological polar surface area (TPSA) is 92.1 Å². The predicted octanol–water partition coefficient (Wildman–Crippen LogP) is 0.288. The fraction of sp³-hybridized carbons (Fsp3) is 0.727. The predicted molar refractivity (Wildman–Crippen MR) is 66.0 cm³/mol. The van der Waals surface area contributed by atoms with E-state index in [9.17, 15) is 4.79 Å². The van der Waals surface area contributed by atoms with Crippen LogP contribution < -0.4 is 16.0 Å². The van der Waals surface area contributed by atoms with Crippen molar-refractivity contribution in [1.82, 2.24) is 20.8 Å². The van der Waals surface area contributed by atoms with E-state index in [-0.39, 0.29) is 17.9 Å². The van der Waals surface area contributed by atoms with Crippen molar-refractivity contribution in [2.45, 2.75) is 25.8 Å². The summed E-state index contributed by atoms with van der Waals surface area (Å²) in [5.41, 5.74) is 0. The van der Waals surface area contributed by atoms with Crippen LogP contribution in [0.2, 0.25) is 0 Å². The minimum absolute atomic E-state index is 0.0302. The molecule has 7 nitrogen and oxygen atoms in total. The third kappa shape index (κ3) is 3.43. The summed E-state index contributed by atoms with van der Waals surface area (Å²) in [7, 11) is 1.83. The number of anilines is 1. The molecule has 0 spiro atoms. The lowest BCUT2D eigenvalue weighted by molar-refractivity contribution is -0.122. The van der Waals surface area contributed by atoms with E-state index < -0.39 is 0 Å². The first-order valence-electron chi connectivity index (χ1n) is 6.23. The Kier molecular flexibility index (Phi) is 4.14. The monoisotopic (exact) mass is 253 g/mol. The minimum Gasteiger partial charge on any atom is -0.406 e. The lowest BCUT2D eigenvalue weighted by Gasteiger charge is -2.04. The number of rotatable bonds is 7. The summed E-state index contributed by atoms with van der Waals surface area (Å²) >= 11 is 0. The first kappa shape index (κ1) is 12.8. The fourth-order valence-electron chi connectivity index (χ4n) is 1.45. The first-order valence-corrected chi connectivity index (χ1v) is 6.23. The molecule has 1 saturated carbocycles. The van der Waals surface area contributed by atoms with Crippen LogP contribution in [0.1, 0.15) is 31.7 Å². The molecule has 7 heteroatoms. The molecule has 1 aromatic heterocycles. The van der Waals surface area contributed by atoms with Crippen molar-refractivity contribution in [3.63, 3.8) is 0 Å². The van der Waals surface area contributed by atoms with E-state index >= 15 is 0 Å². The average molecular weight is 253 g/mol. The van der Waals surface area contributed by atoms with E-state index in [2.05, 4.69) is 26.1 Å². The van der Waals surface area contributed by atoms with Gasteiger partial charge in [0, 0.05) is 19.0 Å². The van der Waals surface area contributed by atoms with E-state index in [1.54, 1.807) is 0 Å². The molecule has 18 heavy (non-hydrogen) atoms. The van der Waals surface area contributed by atoms with Crippen LogP contribution in [-0.2, 0) is 4.79 Å². The molecular formula is C11H19N5O2. The Labute approximate surface area is 106 Å². The number of amides is 1. The number of nitrogens with one attached hydrogen (secondary N) is 3. The maximum absolute atomic E-state index is 11.4. The van der Waals surface area contributed by atoms with Gasteiger partial charge in [0.05, 0.1) is 6.04 Å². The summed E-state index contributed by atoms with van der Waals surface area (Å²) in [5, 5.41) is 16.6. The van der Waals surface area contributed by atoms with Gasteiger partial charge in [0.15, 0.2) is 0 Å². The summed E-state index contributed by atoms with van der Waals surface area (Å²) in [6.45, 7) is 3.08. The molecule has 1 amide bonds. The summed E-state index contributed by atoms with van der Waals surface area (Å²) in [4.78, 5) is 11.4. The van der Waals surface area contributed by atoms with Crippen LogP contribution in [0.3, 0.4) is 0 Å². The van der Waals surface area contributed by atoms with Crippen LogP contribution in [0.15, 0.2) is 4.42 Å². The van der Waals surface area contributed by atoms with E-state index in [4.69, 9.17) is 4.42 Å². The van der Waals surface area contributed by atoms with Crippen molar-refractivity contribution >= 4 is 11.9 Å². The second kappa shape index (κ2) is 5.81. The van der Waals surface area contributed by atoms with Crippen molar-refractivity contribution < 1.29 is 9.21 Å². The van der Waals surface area contributed by atoms with Gasteiger partial charge in [-0.05, 0) is 26.8 Å². The molecule has 1 aliphatic rings. The molecular weight excluding hydrogens is 234 g/mol. The molecule has 0 bridgehead atoms. The average Bonchev–Trinajstić information content (AvgIpc) is 3.13. The van der Waals surface area contributed by atoms with Gasteiger partial charge >= 0.3 is 6.01 Å². The third-order valence-corrected chi connectivity index (χ3v) is 2.89. The largest absolute Gasteiger partial charge is 0.406 e. The Morgan fingerprint density at radius 2 is 2.22 bits per heavy atom. The van der Waals surface area contributed by atoms with Crippen molar-refractivity contribution in [2.24, 2.45) is 5.92 Å². The molecule has 0 saturated heterocycles. The molecule has 1 aliphatic carbocycles. The Bertz CT molecular complexity index is 402. The van der Waals surface area contributed by atoms with Crippen molar-refractivity contribution in [3.8, 4) is 0 Å². The van der Waals surface area contributed by atoms with Gasteiger partial charge in [0.2, 0.25) is 11.8 Å². The van der Waals surface area contributed by atoms with Gasteiger partial charge in [0.1, 0.15) is 0 Å². The van der Waals surface area contributed by atoms with E-state index in [1.165, 1.54) is 0 Å². The lowest BCUT2D eigenvalue weighted by Crippen LogP contribution is -2.29. The van der Waals surface area contributed by atoms with Crippen molar-refractivity contribution in [1.29, 1.82) is 0 Å². The number of carbonyl (C=O) groups excluding carboxylic acids is 1. The number of hydrogen-bond acceptors (Lipinski definition) is 6. The Morgan fingerprint density at radius 1 is 1.44 bits per heavy atom. The van der Waals surface area contributed by atoms with Crippen LogP contribution in [0.25, 0.3) is 0 Å². The summed E-state index contributed by atoms with van der Waals surface area (Å²) < 4.78 is 5.39. The quantitative estimate of drug-likeness (QED) is 0.605. The van der Waals surface area contributed by atoms with Crippen LogP contribution >= 0.6 is 0 Å². The molecule has 3 N–H and O–H groups in total. The maximum Gasteiger partial charge on any atom is 0.315 e. The maximum atomic E-state index is 11.4. The van der Waals surface area contributed by atoms with E-state index in [1.807, 2.05) is 14.0 Å². The standard InChI is InChI=1S/C11H19N5O2/c1-7(12-2)10-15-16-11(18-10)14-6-5-13-9(17)8-3-4-8/h7-8,12H,3-6H2,1-2H3,(H,13,17)(H,14,16). The van der Waals surface area contributed by atoms with E-state index in [0.29, 0.717) is 25.0 Å². The van der Waals surface area contributed by atoms with Crippen LogP contribution in [0.5, 0.6) is 0 Å². The second-order valence-electron chi connectivity index (χ2n) is 4.45. The zero-order valence-electron chi connectivity index (χ0n) is 10.7. The van der Waals surface area contributed by atoms with E-state index in [0.717, 1.165) is 12.8 Å². The normalized spacial score (nSPS) is 16.3. The molecule has 2 rings (SSSR count). The number of carbonyl (C=O) groups is 1. The molecule has 1 heterocycles. The third-order valence-electron chi connectivity index (χ3n) is 2.89. The molecule has 1 fully saturated rings.